The lowest BCUT2D eigenvalue weighted by Gasteiger charge is -2.31. The number of benzene rings is 2. The van der Waals surface area contributed by atoms with E-state index in [-0.39, 0.29) is 11.8 Å². The molecule has 1 N–H and O–H groups in total. The quantitative estimate of drug-likeness (QED) is 0.859. The largest absolute Gasteiger partial charge is 0.340 e. The Labute approximate surface area is 158 Å². The second kappa shape index (κ2) is 8.70. The Bertz CT molecular complexity index is 647. The van der Waals surface area contributed by atoms with Crippen LogP contribution in [0.3, 0.4) is 0 Å². The highest BCUT2D eigenvalue weighted by atomic mass is 35.5. The summed E-state index contributed by atoms with van der Waals surface area (Å²) in [4.78, 5) is 15.1. The van der Waals surface area contributed by atoms with Gasteiger partial charge in [-0.2, -0.15) is 0 Å². The lowest BCUT2D eigenvalue weighted by atomic mass is 9.91. The third-order valence-electron chi connectivity index (χ3n) is 4.57. The van der Waals surface area contributed by atoms with Gasteiger partial charge in [-0.15, -0.1) is 0 Å². The van der Waals surface area contributed by atoms with E-state index in [9.17, 15) is 4.79 Å². The molecule has 0 radical (unpaired) electrons. The first-order valence-corrected chi connectivity index (χ1v) is 9.36. The lowest BCUT2D eigenvalue weighted by Crippen LogP contribution is -2.49. The fraction of sp³-hybridized carbons (Fsp3) is 0.350. The van der Waals surface area contributed by atoms with E-state index in [0.29, 0.717) is 22.9 Å². The standard InChI is InChI=1S/C20H22Cl2N2O/c21-18-5-1-15(2-6-18)13-17(14-16-3-7-19(22)8-4-16)20(25)24-11-9-23-10-12-24/h1-8,17,23H,9-14H2. The van der Waals surface area contributed by atoms with Crippen molar-refractivity contribution < 1.29 is 4.79 Å². The molecule has 3 nitrogen and oxygen atoms in total. The van der Waals surface area contributed by atoms with Crippen LogP contribution in [0, 0.1) is 5.92 Å². The molecule has 0 unspecified atom stereocenters. The summed E-state index contributed by atoms with van der Waals surface area (Å²) in [5.74, 6) is 0.145. The Morgan fingerprint density at radius 3 is 1.76 bits per heavy atom. The van der Waals surface area contributed by atoms with Crippen LogP contribution in [0.5, 0.6) is 0 Å². The van der Waals surface area contributed by atoms with Crippen molar-refractivity contribution in [2.45, 2.75) is 12.8 Å². The highest BCUT2D eigenvalue weighted by Crippen LogP contribution is 2.20. The van der Waals surface area contributed by atoms with Gasteiger partial charge in [-0.25, -0.2) is 0 Å². The maximum absolute atomic E-state index is 13.1. The molecule has 0 aliphatic carbocycles. The molecular weight excluding hydrogens is 355 g/mol. The molecule has 0 aromatic heterocycles. The van der Waals surface area contributed by atoms with Crippen LogP contribution in [-0.4, -0.2) is 37.0 Å². The molecule has 1 aliphatic rings. The number of halogens is 2. The summed E-state index contributed by atoms with van der Waals surface area (Å²) in [6, 6.07) is 15.5. The number of piperazine rings is 1. The van der Waals surface area contributed by atoms with Crippen LogP contribution in [0.4, 0.5) is 0 Å². The maximum Gasteiger partial charge on any atom is 0.226 e. The molecule has 2 aromatic rings. The molecule has 5 heteroatoms. The monoisotopic (exact) mass is 376 g/mol. The van der Waals surface area contributed by atoms with Crippen LogP contribution in [0.15, 0.2) is 48.5 Å². The predicted octanol–water partition coefficient (Wildman–Crippen LogP) is 3.83. The summed E-state index contributed by atoms with van der Waals surface area (Å²) >= 11 is 12.0. The average molecular weight is 377 g/mol. The van der Waals surface area contributed by atoms with E-state index in [4.69, 9.17) is 23.2 Å². The van der Waals surface area contributed by atoms with Gasteiger partial charge in [0.05, 0.1) is 0 Å². The Kier molecular flexibility index (Phi) is 6.35. The van der Waals surface area contributed by atoms with E-state index in [2.05, 4.69) is 5.32 Å². The number of nitrogens with zero attached hydrogens (tertiary/aromatic N) is 1. The Morgan fingerprint density at radius 1 is 0.880 bits per heavy atom. The molecule has 1 saturated heterocycles. The van der Waals surface area contributed by atoms with Crippen LogP contribution in [0.1, 0.15) is 11.1 Å². The molecule has 25 heavy (non-hydrogen) atoms. The second-order valence-electron chi connectivity index (χ2n) is 6.43. The fourth-order valence-electron chi connectivity index (χ4n) is 3.20. The zero-order valence-electron chi connectivity index (χ0n) is 14.1. The summed E-state index contributed by atoms with van der Waals surface area (Å²) in [5, 5.41) is 4.73. The van der Waals surface area contributed by atoms with E-state index in [1.807, 2.05) is 53.4 Å². The normalized spacial score (nSPS) is 14.8. The molecule has 0 spiro atoms. The Hall–Kier alpha value is -1.55. The van der Waals surface area contributed by atoms with Crippen molar-refractivity contribution >= 4 is 29.1 Å². The van der Waals surface area contributed by atoms with Crippen molar-refractivity contribution in [3.8, 4) is 0 Å². The van der Waals surface area contributed by atoms with E-state index in [0.717, 1.165) is 37.3 Å². The van der Waals surface area contributed by atoms with Gasteiger partial charge in [0, 0.05) is 42.1 Å². The van der Waals surface area contributed by atoms with Gasteiger partial charge >= 0.3 is 0 Å². The number of nitrogens with one attached hydrogen (secondary N) is 1. The number of hydrogen-bond donors (Lipinski definition) is 1. The fourth-order valence-corrected chi connectivity index (χ4v) is 3.45. The molecule has 3 rings (SSSR count). The first-order valence-electron chi connectivity index (χ1n) is 8.60. The number of rotatable bonds is 5. The number of amides is 1. The van der Waals surface area contributed by atoms with Crippen molar-refractivity contribution in [3.63, 3.8) is 0 Å². The molecule has 1 heterocycles. The van der Waals surface area contributed by atoms with Crippen LogP contribution in [-0.2, 0) is 17.6 Å². The van der Waals surface area contributed by atoms with Crippen molar-refractivity contribution in [2.75, 3.05) is 26.2 Å². The molecule has 1 amide bonds. The minimum atomic E-state index is -0.0829. The molecule has 1 fully saturated rings. The van der Waals surface area contributed by atoms with E-state index >= 15 is 0 Å². The Morgan fingerprint density at radius 2 is 1.32 bits per heavy atom. The number of carbonyl (C=O) groups is 1. The molecule has 0 atom stereocenters. The second-order valence-corrected chi connectivity index (χ2v) is 7.31. The zero-order chi connectivity index (χ0) is 17.6. The zero-order valence-corrected chi connectivity index (χ0v) is 15.6. The van der Waals surface area contributed by atoms with Crippen molar-refractivity contribution in [1.29, 1.82) is 0 Å². The molecule has 0 saturated carbocycles. The van der Waals surface area contributed by atoms with Crippen molar-refractivity contribution in [1.82, 2.24) is 10.2 Å². The highest BCUT2D eigenvalue weighted by Gasteiger charge is 2.26. The number of hydrogen-bond acceptors (Lipinski definition) is 2. The lowest BCUT2D eigenvalue weighted by molar-refractivity contribution is -0.136. The van der Waals surface area contributed by atoms with Crippen molar-refractivity contribution in [2.24, 2.45) is 5.92 Å². The molecular formula is C20H22Cl2N2O. The summed E-state index contributed by atoms with van der Waals surface area (Å²) < 4.78 is 0. The Balaban J connectivity index is 1.77. The van der Waals surface area contributed by atoms with Crippen LogP contribution < -0.4 is 5.32 Å². The first kappa shape index (κ1) is 18.2. The minimum absolute atomic E-state index is 0.0829. The average Bonchev–Trinajstić information content (AvgIpc) is 2.65. The topological polar surface area (TPSA) is 32.3 Å². The molecule has 0 bridgehead atoms. The first-order chi connectivity index (χ1) is 12.1. The summed E-state index contributed by atoms with van der Waals surface area (Å²) in [6.45, 7) is 3.27. The number of carbonyl (C=O) groups excluding carboxylic acids is 1. The van der Waals surface area contributed by atoms with Gasteiger partial charge < -0.3 is 10.2 Å². The third-order valence-corrected chi connectivity index (χ3v) is 5.07. The van der Waals surface area contributed by atoms with Gasteiger partial charge in [-0.1, -0.05) is 47.5 Å². The van der Waals surface area contributed by atoms with E-state index in [1.54, 1.807) is 0 Å². The van der Waals surface area contributed by atoms with Gasteiger partial charge in [0.25, 0.3) is 0 Å². The third kappa shape index (κ3) is 5.21. The van der Waals surface area contributed by atoms with E-state index in [1.165, 1.54) is 0 Å². The van der Waals surface area contributed by atoms with Gasteiger partial charge in [0.1, 0.15) is 0 Å². The van der Waals surface area contributed by atoms with Crippen LogP contribution in [0.25, 0.3) is 0 Å². The minimum Gasteiger partial charge on any atom is -0.340 e. The van der Waals surface area contributed by atoms with E-state index < -0.39 is 0 Å². The summed E-state index contributed by atoms with van der Waals surface area (Å²) in [5.41, 5.74) is 2.26. The summed E-state index contributed by atoms with van der Waals surface area (Å²) in [6.07, 6.45) is 1.42. The van der Waals surface area contributed by atoms with Gasteiger partial charge in [-0.05, 0) is 48.2 Å². The van der Waals surface area contributed by atoms with Gasteiger partial charge in [0.2, 0.25) is 5.91 Å². The smallest absolute Gasteiger partial charge is 0.226 e. The van der Waals surface area contributed by atoms with Gasteiger partial charge in [-0.3, -0.25) is 4.79 Å². The molecule has 1 aliphatic heterocycles. The SMILES string of the molecule is O=C(C(Cc1ccc(Cl)cc1)Cc1ccc(Cl)cc1)N1CCNCC1. The predicted molar refractivity (Wildman–Crippen MR) is 103 cm³/mol. The summed E-state index contributed by atoms with van der Waals surface area (Å²) in [7, 11) is 0. The maximum atomic E-state index is 13.1. The van der Waals surface area contributed by atoms with Crippen LogP contribution in [0.2, 0.25) is 10.0 Å². The van der Waals surface area contributed by atoms with Gasteiger partial charge in [0.15, 0.2) is 0 Å². The molecule has 132 valence electrons. The van der Waals surface area contributed by atoms with Crippen LogP contribution >= 0.6 is 23.2 Å². The van der Waals surface area contributed by atoms with Crippen molar-refractivity contribution in [3.05, 3.63) is 69.7 Å². The molecule has 2 aromatic carbocycles. The highest BCUT2D eigenvalue weighted by molar-refractivity contribution is 6.30.